The lowest BCUT2D eigenvalue weighted by molar-refractivity contribution is -0.135. The van der Waals surface area contributed by atoms with Crippen LogP contribution in [0.2, 0.25) is 0 Å². The minimum absolute atomic E-state index is 0.00989. The van der Waals surface area contributed by atoms with E-state index in [0.29, 0.717) is 51.0 Å². The molecular formula is C28H22O9. The van der Waals surface area contributed by atoms with Crippen LogP contribution in [0.1, 0.15) is 49.7 Å². The van der Waals surface area contributed by atoms with E-state index in [0.717, 1.165) is 0 Å². The molecule has 1 atom stereocenters. The normalized spacial score (nSPS) is 16.9. The first-order valence-electron chi connectivity index (χ1n) is 11.3. The van der Waals surface area contributed by atoms with Crippen LogP contribution in [0.3, 0.4) is 0 Å². The van der Waals surface area contributed by atoms with Crippen molar-refractivity contribution in [3.63, 3.8) is 0 Å². The van der Waals surface area contributed by atoms with Crippen molar-refractivity contribution in [1.29, 1.82) is 0 Å². The Bertz CT molecular complexity index is 1470. The summed E-state index contributed by atoms with van der Waals surface area (Å²) in [6.45, 7) is 0. The summed E-state index contributed by atoms with van der Waals surface area (Å²) < 4.78 is 27.7. The van der Waals surface area contributed by atoms with Crippen LogP contribution in [0, 0.1) is 0 Å². The summed E-state index contributed by atoms with van der Waals surface area (Å²) in [4.78, 5) is 37.0. The number of rotatable bonds is 6. The van der Waals surface area contributed by atoms with Crippen LogP contribution in [0.5, 0.6) is 28.7 Å². The predicted octanol–water partition coefficient (Wildman–Crippen LogP) is 4.47. The molecule has 0 aliphatic carbocycles. The average Bonchev–Trinajstić information content (AvgIpc) is 3.22. The van der Waals surface area contributed by atoms with Gasteiger partial charge in [-0.2, -0.15) is 0 Å². The molecule has 0 saturated carbocycles. The van der Waals surface area contributed by atoms with E-state index in [1.807, 2.05) is 0 Å². The fourth-order valence-corrected chi connectivity index (χ4v) is 4.56. The summed E-state index contributed by atoms with van der Waals surface area (Å²) in [7, 11) is 4.52. The Hall–Kier alpha value is -4.79. The quantitative estimate of drug-likeness (QED) is 0.296. The second-order valence-electron chi connectivity index (χ2n) is 8.40. The topological polar surface area (TPSA) is 118 Å². The number of carboxylic acids is 1. The molecule has 3 aromatic rings. The number of hydrogen-bond donors (Lipinski definition) is 1. The Morgan fingerprint density at radius 2 is 1.59 bits per heavy atom. The van der Waals surface area contributed by atoms with E-state index in [-0.39, 0.29) is 23.5 Å². The van der Waals surface area contributed by atoms with Crippen molar-refractivity contribution in [2.75, 3.05) is 21.3 Å². The Balaban J connectivity index is 1.59. The SMILES string of the molecule is COc1cc(OC)c(OC)cc1/C=C1\Oc2c(ccc3c2[C@H](c2ccc(C(=O)O)cc2)CC(=O)O3)C1=O. The first kappa shape index (κ1) is 23.9. The molecule has 0 amide bonds. The summed E-state index contributed by atoms with van der Waals surface area (Å²) in [6.07, 6.45) is 1.57. The predicted molar refractivity (Wildman–Crippen MR) is 131 cm³/mol. The molecule has 0 spiro atoms. The molecule has 0 radical (unpaired) electrons. The maximum absolute atomic E-state index is 13.3. The lowest BCUT2D eigenvalue weighted by atomic mass is 9.84. The van der Waals surface area contributed by atoms with Crippen LogP contribution in [0.4, 0.5) is 0 Å². The number of fused-ring (bicyclic) bond motifs is 3. The number of hydrogen-bond acceptors (Lipinski definition) is 8. The minimum Gasteiger partial charge on any atom is -0.496 e. The lowest BCUT2D eigenvalue weighted by Gasteiger charge is -2.26. The Labute approximate surface area is 211 Å². The van der Waals surface area contributed by atoms with Gasteiger partial charge in [-0.3, -0.25) is 9.59 Å². The number of carbonyl (C=O) groups excluding carboxylic acids is 2. The van der Waals surface area contributed by atoms with Gasteiger partial charge in [0, 0.05) is 23.1 Å². The van der Waals surface area contributed by atoms with Crippen LogP contribution in [0.15, 0.2) is 54.3 Å². The van der Waals surface area contributed by atoms with Gasteiger partial charge < -0.3 is 28.8 Å². The van der Waals surface area contributed by atoms with Crippen molar-refractivity contribution in [2.24, 2.45) is 0 Å². The van der Waals surface area contributed by atoms with Gasteiger partial charge in [0.15, 0.2) is 17.3 Å². The maximum atomic E-state index is 13.3. The van der Waals surface area contributed by atoms with E-state index in [1.54, 1.807) is 42.5 Å². The van der Waals surface area contributed by atoms with Crippen molar-refractivity contribution >= 4 is 23.8 Å². The zero-order valence-corrected chi connectivity index (χ0v) is 20.2. The molecule has 9 heteroatoms. The fraction of sp³-hybridized carbons (Fsp3) is 0.179. The van der Waals surface area contributed by atoms with E-state index in [9.17, 15) is 19.5 Å². The third-order valence-electron chi connectivity index (χ3n) is 6.36. The van der Waals surface area contributed by atoms with Gasteiger partial charge in [0.2, 0.25) is 5.78 Å². The van der Waals surface area contributed by atoms with Gasteiger partial charge >= 0.3 is 11.9 Å². The zero-order chi connectivity index (χ0) is 26.3. The van der Waals surface area contributed by atoms with Crippen LogP contribution < -0.4 is 23.7 Å². The molecular weight excluding hydrogens is 480 g/mol. The van der Waals surface area contributed by atoms with E-state index >= 15 is 0 Å². The van der Waals surface area contributed by atoms with Gasteiger partial charge in [-0.05, 0) is 42.0 Å². The zero-order valence-electron chi connectivity index (χ0n) is 20.2. The monoisotopic (exact) mass is 502 g/mol. The summed E-state index contributed by atoms with van der Waals surface area (Å²) in [5.74, 6) is -0.296. The number of allylic oxidation sites excluding steroid dienone is 1. The second-order valence-corrected chi connectivity index (χ2v) is 8.40. The van der Waals surface area contributed by atoms with Gasteiger partial charge in [-0.25, -0.2) is 4.79 Å². The summed E-state index contributed by atoms with van der Waals surface area (Å²) >= 11 is 0. The van der Waals surface area contributed by atoms with Crippen molar-refractivity contribution in [3.05, 3.63) is 82.1 Å². The molecule has 9 nitrogen and oxygen atoms in total. The number of Topliss-reactive ketones (excluding diaryl/α,β-unsaturated/α-hetero) is 1. The number of esters is 1. The highest BCUT2D eigenvalue weighted by atomic mass is 16.5. The number of ether oxygens (including phenoxy) is 5. The number of benzene rings is 3. The first-order chi connectivity index (χ1) is 17.8. The van der Waals surface area contributed by atoms with E-state index in [2.05, 4.69) is 0 Å². The fourth-order valence-electron chi connectivity index (χ4n) is 4.56. The van der Waals surface area contributed by atoms with Gasteiger partial charge in [-0.15, -0.1) is 0 Å². The number of ketones is 1. The van der Waals surface area contributed by atoms with Crippen LogP contribution in [-0.2, 0) is 4.79 Å². The standard InChI is InChI=1S/C28H22O9/c1-33-20-13-22(35-3)21(34-2)10-16(20)11-23-26(30)17-8-9-19-25(27(17)37-23)18(12-24(29)36-19)14-4-6-15(7-5-14)28(31)32/h4-11,13,18H,12H2,1-3H3,(H,31,32)/b23-11-/t18-/m0/s1. The molecule has 2 aliphatic heterocycles. The van der Waals surface area contributed by atoms with Crippen molar-refractivity contribution < 1.29 is 43.2 Å². The highest BCUT2D eigenvalue weighted by molar-refractivity contribution is 6.15. The summed E-state index contributed by atoms with van der Waals surface area (Å²) in [6, 6.07) is 12.7. The molecule has 0 unspecified atom stereocenters. The van der Waals surface area contributed by atoms with Crippen molar-refractivity contribution in [2.45, 2.75) is 12.3 Å². The van der Waals surface area contributed by atoms with E-state index in [1.165, 1.54) is 33.5 Å². The largest absolute Gasteiger partial charge is 0.496 e. The van der Waals surface area contributed by atoms with Gasteiger partial charge in [0.05, 0.1) is 38.9 Å². The van der Waals surface area contributed by atoms with Crippen LogP contribution in [0.25, 0.3) is 6.08 Å². The first-order valence-corrected chi connectivity index (χ1v) is 11.3. The molecule has 0 bridgehead atoms. The summed E-state index contributed by atoms with van der Waals surface area (Å²) in [5.41, 5.74) is 2.25. The highest BCUT2D eigenvalue weighted by Crippen LogP contribution is 2.49. The smallest absolute Gasteiger partial charge is 0.335 e. The average molecular weight is 502 g/mol. The molecule has 188 valence electrons. The van der Waals surface area contributed by atoms with Crippen LogP contribution >= 0.6 is 0 Å². The van der Waals surface area contributed by atoms with E-state index in [4.69, 9.17) is 23.7 Å². The number of carboxylic acid groups (broad SMARTS) is 1. The van der Waals surface area contributed by atoms with Crippen molar-refractivity contribution in [1.82, 2.24) is 0 Å². The lowest BCUT2D eigenvalue weighted by Crippen LogP contribution is -2.21. The maximum Gasteiger partial charge on any atom is 0.335 e. The molecule has 0 saturated heterocycles. The Kier molecular flexibility index (Phi) is 6.04. The van der Waals surface area contributed by atoms with Gasteiger partial charge in [-0.1, -0.05) is 12.1 Å². The molecule has 3 aromatic carbocycles. The van der Waals surface area contributed by atoms with E-state index < -0.39 is 17.9 Å². The highest BCUT2D eigenvalue weighted by Gasteiger charge is 2.38. The second kappa shape index (κ2) is 9.34. The molecule has 5 rings (SSSR count). The molecule has 0 fully saturated rings. The minimum atomic E-state index is -1.05. The van der Waals surface area contributed by atoms with Gasteiger partial charge in [0.25, 0.3) is 0 Å². The molecule has 0 aromatic heterocycles. The number of aromatic carboxylic acids is 1. The number of carbonyl (C=O) groups is 3. The third kappa shape index (κ3) is 4.14. The van der Waals surface area contributed by atoms with Crippen molar-refractivity contribution in [3.8, 4) is 28.7 Å². The molecule has 37 heavy (non-hydrogen) atoms. The number of methoxy groups -OCH3 is 3. The molecule has 1 N–H and O–H groups in total. The Morgan fingerprint density at radius 3 is 2.24 bits per heavy atom. The van der Waals surface area contributed by atoms with Crippen LogP contribution in [-0.4, -0.2) is 44.2 Å². The Morgan fingerprint density at radius 1 is 0.919 bits per heavy atom. The third-order valence-corrected chi connectivity index (χ3v) is 6.36. The summed E-state index contributed by atoms with van der Waals surface area (Å²) in [5, 5.41) is 9.23. The molecule has 2 heterocycles. The van der Waals surface area contributed by atoms with Gasteiger partial charge in [0.1, 0.15) is 17.2 Å². The molecule has 2 aliphatic rings.